The smallest absolute Gasteiger partial charge is 0.263 e. The fourth-order valence-corrected chi connectivity index (χ4v) is 2.51. The molecular formula is C14H19F2NO. The summed E-state index contributed by atoms with van der Waals surface area (Å²) in [6, 6.07) is 6.35. The number of alkyl halides is 2. The number of hydrogen-bond donors (Lipinski definition) is 2. The van der Waals surface area contributed by atoms with E-state index in [1.54, 1.807) is 12.1 Å². The fraction of sp³-hybridized carbons (Fsp3) is 0.571. The van der Waals surface area contributed by atoms with Crippen molar-refractivity contribution in [2.24, 2.45) is 0 Å². The van der Waals surface area contributed by atoms with Crippen molar-refractivity contribution >= 4 is 0 Å². The minimum Gasteiger partial charge on any atom is -0.394 e. The first-order valence-corrected chi connectivity index (χ1v) is 6.38. The minimum atomic E-state index is -2.41. The number of rotatable bonds is 5. The molecule has 2 N–H and O–H groups in total. The van der Waals surface area contributed by atoms with Crippen LogP contribution in [0.1, 0.15) is 43.2 Å². The summed E-state index contributed by atoms with van der Waals surface area (Å²) in [4.78, 5) is 0. The number of nitrogens with one attached hydrogen (secondary N) is 1. The molecule has 18 heavy (non-hydrogen) atoms. The zero-order valence-corrected chi connectivity index (χ0v) is 10.3. The van der Waals surface area contributed by atoms with Gasteiger partial charge < -0.3 is 10.4 Å². The largest absolute Gasteiger partial charge is 0.394 e. The second-order valence-electron chi connectivity index (χ2n) is 5.04. The molecule has 0 bridgehead atoms. The van der Waals surface area contributed by atoms with Crippen LogP contribution in [0.5, 0.6) is 0 Å². The maximum absolute atomic E-state index is 12.4. The number of halogens is 2. The highest BCUT2D eigenvalue weighted by Crippen LogP contribution is 2.29. The Hall–Kier alpha value is -1.00. The van der Waals surface area contributed by atoms with Gasteiger partial charge in [0.15, 0.2) is 0 Å². The van der Waals surface area contributed by atoms with E-state index in [4.69, 9.17) is 0 Å². The average molecular weight is 255 g/mol. The lowest BCUT2D eigenvalue weighted by Crippen LogP contribution is -2.45. The second kappa shape index (κ2) is 5.76. The Morgan fingerprint density at radius 3 is 2.28 bits per heavy atom. The molecule has 0 saturated heterocycles. The van der Waals surface area contributed by atoms with Gasteiger partial charge in [0.1, 0.15) is 0 Å². The van der Waals surface area contributed by atoms with Crippen molar-refractivity contribution in [3.05, 3.63) is 35.4 Å². The molecule has 100 valence electrons. The molecule has 0 unspecified atom stereocenters. The van der Waals surface area contributed by atoms with E-state index in [1.807, 2.05) is 0 Å². The molecular weight excluding hydrogens is 236 g/mol. The van der Waals surface area contributed by atoms with Crippen molar-refractivity contribution in [3.63, 3.8) is 0 Å². The van der Waals surface area contributed by atoms with Crippen molar-refractivity contribution in [2.45, 2.75) is 44.2 Å². The SMILES string of the molecule is OCC1(NCc2ccc(C(F)F)cc2)CCCC1. The van der Waals surface area contributed by atoms with Crippen molar-refractivity contribution in [1.82, 2.24) is 5.32 Å². The van der Waals surface area contributed by atoms with Crippen LogP contribution >= 0.6 is 0 Å². The van der Waals surface area contributed by atoms with Crippen LogP contribution in [0.15, 0.2) is 24.3 Å². The van der Waals surface area contributed by atoms with E-state index < -0.39 is 6.43 Å². The van der Waals surface area contributed by atoms with E-state index >= 15 is 0 Å². The third kappa shape index (κ3) is 3.06. The molecule has 1 aromatic rings. The molecule has 1 saturated carbocycles. The Bertz CT molecular complexity index is 372. The maximum Gasteiger partial charge on any atom is 0.263 e. The molecule has 0 spiro atoms. The van der Waals surface area contributed by atoms with Crippen LogP contribution in [0, 0.1) is 0 Å². The van der Waals surface area contributed by atoms with Gasteiger partial charge in [0, 0.05) is 17.6 Å². The van der Waals surface area contributed by atoms with Gasteiger partial charge in [-0.15, -0.1) is 0 Å². The van der Waals surface area contributed by atoms with Crippen molar-refractivity contribution in [2.75, 3.05) is 6.61 Å². The molecule has 1 aliphatic rings. The first-order valence-electron chi connectivity index (χ1n) is 6.38. The number of aliphatic hydroxyl groups excluding tert-OH is 1. The predicted octanol–water partition coefficient (Wildman–Crippen LogP) is 3.02. The molecule has 0 amide bonds. The maximum atomic E-state index is 12.4. The zero-order chi connectivity index (χ0) is 13.0. The molecule has 0 heterocycles. The quantitative estimate of drug-likeness (QED) is 0.847. The Balaban J connectivity index is 1.93. The predicted molar refractivity (Wildman–Crippen MR) is 66.5 cm³/mol. The summed E-state index contributed by atoms with van der Waals surface area (Å²) in [6.07, 6.45) is 1.83. The molecule has 2 rings (SSSR count). The Labute approximate surface area is 106 Å². The number of benzene rings is 1. The van der Waals surface area contributed by atoms with Crippen LogP contribution in [0.2, 0.25) is 0 Å². The molecule has 1 fully saturated rings. The third-order valence-electron chi connectivity index (χ3n) is 3.76. The lowest BCUT2D eigenvalue weighted by atomic mass is 9.98. The number of hydrogen-bond acceptors (Lipinski definition) is 2. The molecule has 0 aromatic heterocycles. The van der Waals surface area contributed by atoms with Gasteiger partial charge in [-0.05, 0) is 18.4 Å². The molecule has 1 aromatic carbocycles. The van der Waals surface area contributed by atoms with Gasteiger partial charge in [-0.3, -0.25) is 0 Å². The van der Waals surface area contributed by atoms with Crippen LogP contribution in [0.25, 0.3) is 0 Å². The summed E-state index contributed by atoms with van der Waals surface area (Å²) in [5.74, 6) is 0. The molecule has 0 aliphatic heterocycles. The average Bonchev–Trinajstić information content (AvgIpc) is 2.86. The first-order chi connectivity index (χ1) is 8.65. The highest BCUT2D eigenvalue weighted by atomic mass is 19.3. The molecule has 2 nitrogen and oxygen atoms in total. The Kier molecular flexibility index (Phi) is 4.30. The van der Waals surface area contributed by atoms with Gasteiger partial charge in [-0.1, -0.05) is 37.1 Å². The summed E-state index contributed by atoms with van der Waals surface area (Å²) in [7, 11) is 0. The number of aliphatic hydroxyl groups is 1. The first kappa shape index (κ1) is 13.4. The molecule has 0 atom stereocenters. The van der Waals surface area contributed by atoms with Gasteiger partial charge in [0.2, 0.25) is 0 Å². The monoisotopic (exact) mass is 255 g/mol. The molecule has 4 heteroatoms. The van der Waals surface area contributed by atoms with Gasteiger partial charge in [0.05, 0.1) is 6.61 Å². The van der Waals surface area contributed by atoms with Crippen LogP contribution < -0.4 is 5.32 Å². The van der Waals surface area contributed by atoms with E-state index in [1.165, 1.54) is 12.1 Å². The lowest BCUT2D eigenvalue weighted by Gasteiger charge is -2.28. The van der Waals surface area contributed by atoms with E-state index in [9.17, 15) is 13.9 Å². The fourth-order valence-electron chi connectivity index (χ4n) is 2.51. The Morgan fingerprint density at radius 1 is 1.17 bits per heavy atom. The van der Waals surface area contributed by atoms with Gasteiger partial charge >= 0.3 is 0 Å². The normalized spacial score (nSPS) is 18.4. The van der Waals surface area contributed by atoms with E-state index in [-0.39, 0.29) is 17.7 Å². The van der Waals surface area contributed by atoms with E-state index in [0.717, 1.165) is 31.2 Å². The van der Waals surface area contributed by atoms with Crippen molar-refractivity contribution in [3.8, 4) is 0 Å². The van der Waals surface area contributed by atoms with Gasteiger partial charge in [0.25, 0.3) is 6.43 Å². The third-order valence-corrected chi connectivity index (χ3v) is 3.76. The van der Waals surface area contributed by atoms with Gasteiger partial charge in [-0.2, -0.15) is 0 Å². The summed E-state index contributed by atoms with van der Waals surface area (Å²) >= 11 is 0. The van der Waals surface area contributed by atoms with E-state index in [0.29, 0.717) is 6.54 Å². The van der Waals surface area contributed by atoms with Crippen LogP contribution in [0.4, 0.5) is 8.78 Å². The standard InChI is InChI=1S/C14H19F2NO/c15-13(16)12-5-3-11(4-6-12)9-17-14(10-18)7-1-2-8-14/h3-6,13,17-18H,1-2,7-10H2. The highest BCUT2D eigenvalue weighted by Gasteiger charge is 2.32. The molecule has 1 aliphatic carbocycles. The second-order valence-corrected chi connectivity index (χ2v) is 5.04. The highest BCUT2D eigenvalue weighted by molar-refractivity contribution is 5.23. The topological polar surface area (TPSA) is 32.3 Å². The van der Waals surface area contributed by atoms with Crippen LogP contribution in [0.3, 0.4) is 0 Å². The Morgan fingerprint density at radius 2 is 1.78 bits per heavy atom. The minimum absolute atomic E-state index is 0.0523. The summed E-state index contributed by atoms with van der Waals surface area (Å²) in [6.45, 7) is 0.756. The van der Waals surface area contributed by atoms with Gasteiger partial charge in [-0.25, -0.2) is 8.78 Å². The van der Waals surface area contributed by atoms with Crippen LogP contribution in [-0.4, -0.2) is 17.3 Å². The summed E-state index contributed by atoms with van der Waals surface area (Å²) in [5, 5.41) is 12.8. The molecule has 0 radical (unpaired) electrons. The van der Waals surface area contributed by atoms with Crippen molar-refractivity contribution < 1.29 is 13.9 Å². The zero-order valence-electron chi connectivity index (χ0n) is 10.3. The summed E-state index contributed by atoms with van der Waals surface area (Å²) < 4.78 is 24.8. The van der Waals surface area contributed by atoms with E-state index in [2.05, 4.69) is 5.32 Å². The van der Waals surface area contributed by atoms with Crippen molar-refractivity contribution in [1.29, 1.82) is 0 Å². The van der Waals surface area contributed by atoms with Crippen LogP contribution in [-0.2, 0) is 6.54 Å². The lowest BCUT2D eigenvalue weighted by molar-refractivity contribution is 0.151. The summed E-state index contributed by atoms with van der Waals surface area (Å²) in [5.41, 5.74) is 0.858.